The van der Waals surface area contributed by atoms with Gasteiger partial charge in [0.2, 0.25) is 11.8 Å². The zero-order valence-corrected chi connectivity index (χ0v) is 16.9. The molecule has 2 aromatic rings. The summed E-state index contributed by atoms with van der Waals surface area (Å²) in [5, 5.41) is 3.28. The molecule has 2 amide bonds. The van der Waals surface area contributed by atoms with Gasteiger partial charge in [-0.1, -0.05) is 42.0 Å². The van der Waals surface area contributed by atoms with Gasteiger partial charge in [0.25, 0.3) is 0 Å². The van der Waals surface area contributed by atoms with Gasteiger partial charge >= 0.3 is 5.97 Å². The number of carbonyl (C=O) groups is 3. The standard InChI is InChI=1S/C23H24N2O4/c1-13-9-11-15(12-10-13)25-20(26)17-18(21(25)27)23(3,22(28)29-4)24-19(17)16-8-6-5-7-14(16)2/h5-12,17-19,24H,1-4H3/t17-,18+,19-,23-/m1/s1. The van der Waals surface area contributed by atoms with Crippen LogP contribution in [0.15, 0.2) is 48.5 Å². The Morgan fingerprint density at radius 1 is 1.03 bits per heavy atom. The molecule has 1 N–H and O–H groups in total. The third kappa shape index (κ3) is 2.78. The SMILES string of the molecule is COC(=O)[C@]1(C)N[C@H](c2ccccc2C)[C@@H]2C(=O)N(c3ccc(C)cc3)C(=O)[C@H]21. The van der Waals surface area contributed by atoms with Crippen molar-refractivity contribution in [1.82, 2.24) is 5.32 Å². The van der Waals surface area contributed by atoms with E-state index in [1.54, 1.807) is 19.1 Å². The molecule has 2 aliphatic rings. The van der Waals surface area contributed by atoms with Crippen molar-refractivity contribution in [1.29, 1.82) is 0 Å². The molecule has 0 saturated carbocycles. The highest BCUT2D eigenvalue weighted by Crippen LogP contribution is 2.50. The number of fused-ring (bicyclic) bond motifs is 1. The van der Waals surface area contributed by atoms with Crippen molar-refractivity contribution in [3.63, 3.8) is 0 Å². The highest BCUT2D eigenvalue weighted by Gasteiger charge is 2.67. The normalized spacial score (nSPS) is 28.6. The Bertz CT molecular complexity index is 1000. The number of carbonyl (C=O) groups excluding carboxylic acids is 3. The van der Waals surface area contributed by atoms with Gasteiger partial charge in [-0.3, -0.25) is 19.7 Å². The maximum atomic E-state index is 13.5. The Balaban J connectivity index is 1.84. The Labute approximate surface area is 169 Å². The van der Waals surface area contributed by atoms with E-state index in [2.05, 4.69) is 5.32 Å². The lowest BCUT2D eigenvalue weighted by Gasteiger charge is -2.29. The molecule has 0 unspecified atom stereocenters. The summed E-state index contributed by atoms with van der Waals surface area (Å²) in [4.78, 5) is 40.9. The number of benzene rings is 2. The molecule has 0 aromatic heterocycles. The van der Waals surface area contributed by atoms with Crippen molar-refractivity contribution in [2.75, 3.05) is 12.0 Å². The smallest absolute Gasteiger partial charge is 0.326 e. The number of esters is 1. The van der Waals surface area contributed by atoms with Gasteiger partial charge in [-0.15, -0.1) is 0 Å². The van der Waals surface area contributed by atoms with E-state index in [1.165, 1.54) is 12.0 Å². The van der Waals surface area contributed by atoms with Crippen LogP contribution in [-0.2, 0) is 19.1 Å². The summed E-state index contributed by atoms with van der Waals surface area (Å²) in [6, 6.07) is 14.5. The zero-order chi connectivity index (χ0) is 20.9. The molecule has 150 valence electrons. The summed E-state index contributed by atoms with van der Waals surface area (Å²) in [5.74, 6) is -2.74. The Morgan fingerprint density at radius 3 is 2.31 bits per heavy atom. The third-order valence-electron chi connectivity index (χ3n) is 6.21. The topological polar surface area (TPSA) is 75.7 Å². The summed E-state index contributed by atoms with van der Waals surface area (Å²) >= 11 is 0. The third-order valence-corrected chi connectivity index (χ3v) is 6.21. The molecule has 4 rings (SSSR count). The number of ether oxygens (including phenoxy) is 1. The van der Waals surface area contributed by atoms with Gasteiger partial charge < -0.3 is 4.74 Å². The quantitative estimate of drug-likeness (QED) is 0.642. The van der Waals surface area contributed by atoms with Crippen LogP contribution in [-0.4, -0.2) is 30.4 Å². The van der Waals surface area contributed by atoms with E-state index in [0.29, 0.717) is 5.69 Å². The number of hydrogen-bond acceptors (Lipinski definition) is 5. The summed E-state index contributed by atoms with van der Waals surface area (Å²) in [6.07, 6.45) is 0. The van der Waals surface area contributed by atoms with Crippen LogP contribution in [0.2, 0.25) is 0 Å². The molecule has 0 radical (unpaired) electrons. The number of rotatable bonds is 3. The molecule has 2 aromatic carbocycles. The van der Waals surface area contributed by atoms with E-state index >= 15 is 0 Å². The predicted octanol–water partition coefficient (Wildman–Crippen LogP) is 2.69. The first-order valence-corrected chi connectivity index (χ1v) is 9.65. The minimum Gasteiger partial charge on any atom is -0.468 e. The minimum absolute atomic E-state index is 0.294. The monoisotopic (exact) mass is 392 g/mol. The fourth-order valence-corrected chi connectivity index (χ4v) is 4.69. The summed E-state index contributed by atoms with van der Waals surface area (Å²) in [7, 11) is 1.30. The second-order valence-electron chi connectivity index (χ2n) is 8.02. The summed E-state index contributed by atoms with van der Waals surface area (Å²) < 4.78 is 5.02. The molecule has 0 aliphatic carbocycles. The second kappa shape index (κ2) is 6.81. The molecule has 2 heterocycles. The molecule has 6 heteroatoms. The molecule has 29 heavy (non-hydrogen) atoms. The number of aryl methyl sites for hydroxylation is 2. The van der Waals surface area contributed by atoms with Crippen LogP contribution in [0.5, 0.6) is 0 Å². The fraction of sp³-hybridized carbons (Fsp3) is 0.348. The largest absolute Gasteiger partial charge is 0.468 e. The number of methoxy groups -OCH3 is 1. The van der Waals surface area contributed by atoms with Gasteiger partial charge in [0.05, 0.1) is 24.6 Å². The van der Waals surface area contributed by atoms with Crippen LogP contribution < -0.4 is 10.2 Å². The number of nitrogens with zero attached hydrogens (tertiary/aromatic N) is 1. The number of nitrogens with one attached hydrogen (secondary N) is 1. The fourth-order valence-electron chi connectivity index (χ4n) is 4.69. The predicted molar refractivity (Wildman–Crippen MR) is 108 cm³/mol. The Kier molecular flexibility index (Phi) is 4.54. The summed E-state index contributed by atoms with van der Waals surface area (Å²) in [5.41, 5.74) is 2.16. The van der Waals surface area contributed by atoms with Crippen LogP contribution in [0, 0.1) is 25.7 Å². The summed E-state index contributed by atoms with van der Waals surface area (Å²) in [6.45, 7) is 5.55. The van der Waals surface area contributed by atoms with Crippen molar-refractivity contribution in [3.8, 4) is 0 Å². The van der Waals surface area contributed by atoms with Crippen molar-refractivity contribution in [3.05, 3.63) is 65.2 Å². The van der Waals surface area contributed by atoms with Crippen LogP contribution in [0.1, 0.15) is 29.7 Å². The second-order valence-corrected chi connectivity index (χ2v) is 8.02. The average Bonchev–Trinajstić information content (AvgIpc) is 3.16. The number of amides is 2. The number of anilines is 1. The first kappa shape index (κ1) is 19.3. The molecular weight excluding hydrogens is 368 g/mol. The van der Waals surface area contributed by atoms with Crippen LogP contribution >= 0.6 is 0 Å². The van der Waals surface area contributed by atoms with E-state index in [4.69, 9.17) is 4.74 Å². The van der Waals surface area contributed by atoms with Gasteiger partial charge in [0.15, 0.2) is 0 Å². The van der Waals surface area contributed by atoms with Crippen LogP contribution in [0.25, 0.3) is 0 Å². The van der Waals surface area contributed by atoms with E-state index in [-0.39, 0.29) is 11.8 Å². The zero-order valence-electron chi connectivity index (χ0n) is 16.9. The van der Waals surface area contributed by atoms with Gasteiger partial charge in [0.1, 0.15) is 5.54 Å². The Morgan fingerprint density at radius 2 is 1.69 bits per heavy atom. The van der Waals surface area contributed by atoms with E-state index in [0.717, 1.165) is 16.7 Å². The lowest BCUT2D eigenvalue weighted by atomic mass is 9.80. The van der Waals surface area contributed by atoms with E-state index in [9.17, 15) is 14.4 Å². The van der Waals surface area contributed by atoms with Gasteiger partial charge in [-0.2, -0.15) is 0 Å². The maximum absolute atomic E-state index is 13.5. The van der Waals surface area contributed by atoms with Crippen molar-refractivity contribution < 1.29 is 19.1 Å². The maximum Gasteiger partial charge on any atom is 0.326 e. The van der Waals surface area contributed by atoms with E-state index in [1.807, 2.05) is 50.2 Å². The highest BCUT2D eigenvalue weighted by molar-refractivity contribution is 6.24. The van der Waals surface area contributed by atoms with Crippen LogP contribution in [0.4, 0.5) is 5.69 Å². The highest BCUT2D eigenvalue weighted by atomic mass is 16.5. The molecule has 0 spiro atoms. The van der Waals surface area contributed by atoms with Crippen molar-refractivity contribution in [2.45, 2.75) is 32.4 Å². The van der Waals surface area contributed by atoms with Crippen molar-refractivity contribution in [2.24, 2.45) is 11.8 Å². The lowest BCUT2D eigenvalue weighted by Crippen LogP contribution is -2.54. The lowest BCUT2D eigenvalue weighted by molar-refractivity contribution is -0.151. The molecule has 2 fully saturated rings. The minimum atomic E-state index is -1.29. The molecule has 2 saturated heterocycles. The first-order chi connectivity index (χ1) is 13.8. The number of hydrogen-bond donors (Lipinski definition) is 1. The van der Waals surface area contributed by atoms with Gasteiger partial charge in [-0.25, -0.2) is 4.90 Å². The number of imide groups is 1. The van der Waals surface area contributed by atoms with Gasteiger partial charge in [-0.05, 0) is 44.0 Å². The molecule has 2 aliphatic heterocycles. The van der Waals surface area contributed by atoms with Crippen molar-refractivity contribution >= 4 is 23.5 Å². The molecule has 0 bridgehead atoms. The molecular formula is C23H24N2O4. The Hall–Kier alpha value is -2.99. The van der Waals surface area contributed by atoms with E-state index < -0.39 is 29.4 Å². The molecule has 6 nitrogen and oxygen atoms in total. The van der Waals surface area contributed by atoms with Crippen LogP contribution in [0.3, 0.4) is 0 Å². The molecule has 4 atom stereocenters. The first-order valence-electron chi connectivity index (χ1n) is 9.65. The average molecular weight is 392 g/mol. The van der Waals surface area contributed by atoms with Gasteiger partial charge in [0, 0.05) is 6.04 Å².